The molecule has 0 spiro atoms. The van der Waals surface area contributed by atoms with E-state index in [1.54, 1.807) is 28.4 Å². The number of carbonyl (C=O) groups excluding carboxylic acids is 1. The van der Waals surface area contributed by atoms with Gasteiger partial charge in [-0.05, 0) is 58.8 Å². The molecular formula is C21H22ClN3O3S2. The van der Waals surface area contributed by atoms with Gasteiger partial charge in [-0.3, -0.25) is 4.79 Å². The summed E-state index contributed by atoms with van der Waals surface area (Å²) in [6.07, 6.45) is 4.27. The normalized spacial score (nSPS) is 16.5. The fourth-order valence-corrected chi connectivity index (χ4v) is 5.90. The highest BCUT2D eigenvalue weighted by molar-refractivity contribution is 7.89. The molecule has 3 heterocycles. The van der Waals surface area contributed by atoms with Crippen molar-refractivity contribution in [3.8, 4) is 0 Å². The Morgan fingerprint density at radius 3 is 2.30 bits per heavy atom. The molecule has 0 radical (unpaired) electrons. The molecular weight excluding hydrogens is 442 g/mol. The Kier molecular flexibility index (Phi) is 6.29. The number of halogens is 1. The lowest BCUT2D eigenvalue weighted by Crippen LogP contribution is -2.50. The zero-order valence-corrected chi connectivity index (χ0v) is 18.6. The van der Waals surface area contributed by atoms with E-state index in [-0.39, 0.29) is 29.9 Å². The lowest BCUT2D eigenvalue weighted by molar-refractivity contribution is -0.133. The lowest BCUT2D eigenvalue weighted by Gasteiger charge is -2.34. The summed E-state index contributed by atoms with van der Waals surface area (Å²) in [7, 11) is -3.59. The predicted molar refractivity (Wildman–Crippen MR) is 118 cm³/mol. The van der Waals surface area contributed by atoms with Crippen LogP contribution in [0, 0.1) is 0 Å². The average Bonchev–Trinajstić information content (AvgIpc) is 3.47. The standard InChI is InChI=1S/C21H22ClN3O3S2/c22-18-3-5-19(6-4-18)30(27,28)25-12-10-24(11-13-25)21(26)15-20(17-7-14-29-16-17)23-8-1-2-9-23/h1-9,14,16,20H,10-13,15H2. The Bertz CT molecular complexity index is 1040. The minimum atomic E-state index is -3.59. The molecule has 1 fully saturated rings. The first-order chi connectivity index (χ1) is 14.4. The fraction of sp³-hybridized carbons (Fsp3) is 0.286. The zero-order chi connectivity index (χ0) is 21.1. The topological polar surface area (TPSA) is 62.6 Å². The number of hydrogen-bond donors (Lipinski definition) is 0. The van der Waals surface area contributed by atoms with Crippen molar-refractivity contribution in [3.63, 3.8) is 0 Å². The first-order valence-corrected chi connectivity index (χ1v) is 12.4. The molecule has 1 aliphatic heterocycles. The fourth-order valence-electron chi connectivity index (χ4n) is 3.64. The average molecular weight is 464 g/mol. The number of sulfonamides is 1. The molecule has 0 bridgehead atoms. The van der Waals surface area contributed by atoms with Gasteiger partial charge in [0.15, 0.2) is 0 Å². The van der Waals surface area contributed by atoms with Crippen molar-refractivity contribution in [2.24, 2.45) is 0 Å². The molecule has 1 unspecified atom stereocenters. The van der Waals surface area contributed by atoms with Gasteiger partial charge in [0.1, 0.15) is 0 Å². The van der Waals surface area contributed by atoms with Crippen LogP contribution in [0.2, 0.25) is 5.02 Å². The van der Waals surface area contributed by atoms with E-state index < -0.39 is 10.0 Å². The summed E-state index contributed by atoms with van der Waals surface area (Å²) in [4.78, 5) is 15.0. The van der Waals surface area contributed by atoms with Crippen molar-refractivity contribution in [1.82, 2.24) is 13.8 Å². The molecule has 0 saturated carbocycles. The highest BCUT2D eigenvalue weighted by atomic mass is 35.5. The van der Waals surface area contributed by atoms with E-state index in [2.05, 4.69) is 5.38 Å². The number of hydrogen-bond acceptors (Lipinski definition) is 4. The Morgan fingerprint density at radius 2 is 1.70 bits per heavy atom. The molecule has 0 aliphatic carbocycles. The van der Waals surface area contributed by atoms with Gasteiger partial charge < -0.3 is 9.47 Å². The number of rotatable bonds is 6. The van der Waals surface area contributed by atoms with Crippen LogP contribution in [-0.4, -0.2) is 54.3 Å². The van der Waals surface area contributed by atoms with E-state index in [1.807, 2.05) is 40.5 Å². The lowest BCUT2D eigenvalue weighted by atomic mass is 10.1. The SMILES string of the molecule is O=C(CC(c1ccsc1)n1cccc1)N1CCN(S(=O)(=O)c2ccc(Cl)cc2)CC1. The molecule has 9 heteroatoms. The maximum absolute atomic E-state index is 13.0. The molecule has 1 atom stereocenters. The molecule has 1 amide bonds. The summed E-state index contributed by atoms with van der Waals surface area (Å²) >= 11 is 7.47. The summed E-state index contributed by atoms with van der Waals surface area (Å²) in [6, 6.07) is 12.0. The van der Waals surface area contributed by atoms with Crippen molar-refractivity contribution in [3.05, 3.63) is 76.2 Å². The van der Waals surface area contributed by atoms with Crippen LogP contribution in [0.15, 0.2) is 70.5 Å². The summed E-state index contributed by atoms with van der Waals surface area (Å²) in [6.45, 7) is 1.33. The Balaban J connectivity index is 1.41. The molecule has 3 aromatic rings. The van der Waals surface area contributed by atoms with Crippen molar-refractivity contribution in [2.75, 3.05) is 26.2 Å². The quantitative estimate of drug-likeness (QED) is 0.559. The van der Waals surface area contributed by atoms with Crippen molar-refractivity contribution in [2.45, 2.75) is 17.4 Å². The van der Waals surface area contributed by atoms with Gasteiger partial charge in [0.25, 0.3) is 0 Å². The first-order valence-electron chi connectivity index (χ1n) is 9.63. The third-order valence-electron chi connectivity index (χ3n) is 5.33. The molecule has 1 saturated heterocycles. The van der Waals surface area contributed by atoms with Gasteiger partial charge in [-0.15, -0.1) is 0 Å². The summed E-state index contributed by atoms with van der Waals surface area (Å²) < 4.78 is 29.2. The van der Waals surface area contributed by atoms with Crippen LogP contribution in [0.25, 0.3) is 0 Å². The van der Waals surface area contributed by atoms with Gasteiger partial charge in [0.2, 0.25) is 15.9 Å². The van der Waals surface area contributed by atoms with Crippen LogP contribution in [-0.2, 0) is 14.8 Å². The Labute approximate surface area is 185 Å². The second kappa shape index (κ2) is 8.93. The highest BCUT2D eigenvalue weighted by Crippen LogP contribution is 2.26. The number of aromatic nitrogens is 1. The number of benzene rings is 1. The highest BCUT2D eigenvalue weighted by Gasteiger charge is 2.31. The van der Waals surface area contributed by atoms with E-state index in [0.29, 0.717) is 24.5 Å². The number of piperazine rings is 1. The van der Waals surface area contributed by atoms with Crippen molar-refractivity contribution >= 4 is 38.9 Å². The third kappa shape index (κ3) is 4.46. The van der Waals surface area contributed by atoms with Crippen LogP contribution in [0.3, 0.4) is 0 Å². The van der Waals surface area contributed by atoms with Gasteiger partial charge in [0.05, 0.1) is 17.4 Å². The maximum Gasteiger partial charge on any atom is 0.243 e. The van der Waals surface area contributed by atoms with Crippen molar-refractivity contribution in [1.29, 1.82) is 0 Å². The molecule has 6 nitrogen and oxygen atoms in total. The second-order valence-corrected chi connectivity index (χ2v) is 10.3. The molecule has 1 aromatic carbocycles. The van der Waals surface area contributed by atoms with Gasteiger partial charge in [-0.1, -0.05) is 11.6 Å². The van der Waals surface area contributed by atoms with Crippen LogP contribution in [0.4, 0.5) is 0 Å². The first kappa shape index (κ1) is 21.1. The van der Waals surface area contributed by atoms with Gasteiger partial charge in [-0.2, -0.15) is 15.6 Å². The maximum atomic E-state index is 13.0. The van der Waals surface area contributed by atoms with Gasteiger partial charge in [0, 0.05) is 43.6 Å². The Morgan fingerprint density at radius 1 is 1.03 bits per heavy atom. The minimum absolute atomic E-state index is 0.0310. The van der Waals surface area contributed by atoms with E-state index in [0.717, 1.165) is 5.56 Å². The number of carbonyl (C=O) groups is 1. The second-order valence-electron chi connectivity index (χ2n) is 7.15. The van der Waals surface area contributed by atoms with E-state index in [1.165, 1.54) is 16.4 Å². The monoisotopic (exact) mass is 463 g/mol. The van der Waals surface area contributed by atoms with E-state index in [4.69, 9.17) is 11.6 Å². The number of amides is 1. The van der Waals surface area contributed by atoms with Crippen LogP contribution < -0.4 is 0 Å². The molecule has 0 N–H and O–H groups in total. The number of thiophene rings is 1. The molecule has 4 rings (SSSR count). The zero-order valence-electron chi connectivity index (χ0n) is 16.2. The summed E-state index contributed by atoms with van der Waals surface area (Å²) in [5.74, 6) is 0.0310. The molecule has 1 aliphatic rings. The van der Waals surface area contributed by atoms with Crippen LogP contribution in [0.5, 0.6) is 0 Å². The smallest absolute Gasteiger partial charge is 0.243 e. The minimum Gasteiger partial charge on any atom is -0.346 e. The van der Waals surface area contributed by atoms with Crippen molar-refractivity contribution < 1.29 is 13.2 Å². The third-order valence-corrected chi connectivity index (χ3v) is 8.19. The largest absolute Gasteiger partial charge is 0.346 e. The summed E-state index contributed by atoms with van der Waals surface area (Å²) in [5, 5.41) is 4.57. The molecule has 2 aromatic heterocycles. The van der Waals surface area contributed by atoms with E-state index >= 15 is 0 Å². The predicted octanol–water partition coefficient (Wildman–Crippen LogP) is 3.72. The number of nitrogens with zero attached hydrogens (tertiary/aromatic N) is 3. The van der Waals surface area contributed by atoms with Crippen LogP contribution in [0.1, 0.15) is 18.0 Å². The van der Waals surface area contributed by atoms with Gasteiger partial charge in [-0.25, -0.2) is 8.42 Å². The summed E-state index contributed by atoms with van der Waals surface area (Å²) in [5.41, 5.74) is 1.11. The Hall–Kier alpha value is -2.13. The van der Waals surface area contributed by atoms with E-state index in [9.17, 15) is 13.2 Å². The van der Waals surface area contributed by atoms with Gasteiger partial charge >= 0.3 is 0 Å². The van der Waals surface area contributed by atoms with Crippen LogP contribution >= 0.6 is 22.9 Å². The molecule has 30 heavy (non-hydrogen) atoms. The molecule has 158 valence electrons.